The molecule has 0 fully saturated rings. The first-order valence-corrected chi connectivity index (χ1v) is 6.62. The van der Waals surface area contributed by atoms with Crippen LogP contribution in [0.25, 0.3) is 6.08 Å². The van der Waals surface area contributed by atoms with Crippen LogP contribution in [0.2, 0.25) is 0 Å². The van der Waals surface area contributed by atoms with Gasteiger partial charge < -0.3 is 15.8 Å². The Morgan fingerprint density at radius 2 is 1.77 bits per heavy atom. The van der Waals surface area contributed by atoms with Gasteiger partial charge in [0.1, 0.15) is 5.75 Å². The quantitative estimate of drug-likeness (QED) is 0.831. The van der Waals surface area contributed by atoms with Gasteiger partial charge in [-0.15, -0.1) is 0 Å². The SMILES string of the molecule is COc1ccccc1C=CC(=O)Nc1ccc(C(N)=O)cc1. The van der Waals surface area contributed by atoms with Crippen LogP contribution in [0, 0.1) is 0 Å². The highest BCUT2D eigenvalue weighted by Gasteiger charge is 2.02. The molecule has 2 aromatic carbocycles. The minimum Gasteiger partial charge on any atom is -0.496 e. The van der Waals surface area contributed by atoms with Gasteiger partial charge in [0, 0.05) is 22.9 Å². The van der Waals surface area contributed by atoms with Crippen LogP contribution in [-0.2, 0) is 4.79 Å². The summed E-state index contributed by atoms with van der Waals surface area (Å²) in [6.45, 7) is 0. The van der Waals surface area contributed by atoms with Crippen molar-refractivity contribution in [3.63, 3.8) is 0 Å². The van der Waals surface area contributed by atoms with Gasteiger partial charge >= 0.3 is 0 Å². The molecule has 0 saturated heterocycles. The fraction of sp³-hybridized carbons (Fsp3) is 0.0588. The number of carbonyl (C=O) groups excluding carboxylic acids is 2. The van der Waals surface area contributed by atoms with Crippen molar-refractivity contribution < 1.29 is 14.3 Å². The number of benzene rings is 2. The Bertz CT molecular complexity index is 706. The lowest BCUT2D eigenvalue weighted by atomic mass is 10.2. The summed E-state index contributed by atoms with van der Waals surface area (Å²) in [6.07, 6.45) is 3.09. The first kappa shape index (κ1) is 15.3. The van der Waals surface area contributed by atoms with Crippen LogP contribution in [0.3, 0.4) is 0 Å². The molecule has 0 heterocycles. The molecule has 0 spiro atoms. The third-order valence-electron chi connectivity index (χ3n) is 2.99. The van der Waals surface area contributed by atoms with Gasteiger partial charge in [-0.2, -0.15) is 0 Å². The maximum atomic E-state index is 11.9. The predicted molar refractivity (Wildman–Crippen MR) is 85.6 cm³/mol. The summed E-state index contributed by atoms with van der Waals surface area (Å²) in [5, 5.41) is 2.70. The predicted octanol–water partition coefficient (Wildman–Crippen LogP) is 2.45. The highest BCUT2D eigenvalue weighted by Crippen LogP contribution is 2.18. The number of anilines is 1. The van der Waals surface area contributed by atoms with Gasteiger partial charge in [0.2, 0.25) is 11.8 Å². The van der Waals surface area contributed by atoms with Crippen LogP contribution in [0.4, 0.5) is 5.69 Å². The van der Waals surface area contributed by atoms with E-state index in [-0.39, 0.29) is 5.91 Å². The molecule has 0 aliphatic carbocycles. The fourth-order valence-electron chi connectivity index (χ4n) is 1.87. The number of primary amides is 1. The Hall–Kier alpha value is -3.08. The van der Waals surface area contributed by atoms with Gasteiger partial charge in [-0.3, -0.25) is 9.59 Å². The van der Waals surface area contributed by atoms with Crippen molar-refractivity contribution in [2.45, 2.75) is 0 Å². The van der Waals surface area contributed by atoms with Crippen molar-refractivity contribution in [2.75, 3.05) is 12.4 Å². The van der Waals surface area contributed by atoms with Crippen LogP contribution in [0.15, 0.2) is 54.6 Å². The van der Waals surface area contributed by atoms with Gasteiger partial charge in [-0.25, -0.2) is 0 Å². The van der Waals surface area contributed by atoms with E-state index in [9.17, 15) is 9.59 Å². The number of methoxy groups -OCH3 is 1. The number of ether oxygens (including phenoxy) is 1. The molecule has 0 bridgehead atoms. The highest BCUT2D eigenvalue weighted by atomic mass is 16.5. The summed E-state index contributed by atoms with van der Waals surface area (Å²) in [7, 11) is 1.58. The minimum atomic E-state index is -0.506. The van der Waals surface area contributed by atoms with Crippen molar-refractivity contribution in [3.05, 3.63) is 65.7 Å². The molecule has 5 heteroatoms. The molecule has 2 rings (SSSR count). The first-order valence-electron chi connectivity index (χ1n) is 6.62. The van der Waals surface area contributed by atoms with E-state index in [1.165, 1.54) is 6.08 Å². The topological polar surface area (TPSA) is 81.4 Å². The molecule has 112 valence electrons. The molecular formula is C17H16N2O3. The number of nitrogens with two attached hydrogens (primary N) is 1. The summed E-state index contributed by atoms with van der Waals surface area (Å²) < 4.78 is 5.20. The number of nitrogens with one attached hydrogen (secondary N) is 1. The molecule has 0 aromatic heterocycles. The number of rotatable bonds is 5. The van der Waals surface area contributed by atoms with E-state index in [2.05, 4.69) is 5.32 Å². The second kappa shape index (κ2) is 7.08. The number of hydrogen-bond acceptors (Lipinski definition) is 3. The Labute approximate surface area is 128 Å². The van der Waals surface area contributed by atoms with Crippen molar-refractivity contribution in [3.8, 4) is 5.75 Å². The number of hydrogen-bond donors (Lipinski definition) is 2. The van der Waals surface area contributed by atoms with Crippen LogP contribution < -0.4 is 15.8 Å². The molecule has 22 heavy (non-hydrogen) atoms. The van der Waals surface area contributed by atoms with E-state index in [1.807, 2.05) is 24.3 Å². The lowest BCUT2D eigenvalue weighted by Crippen LogP contribution is -2.11. The standard InChI is InChI=1S/C17H16N2O3/c1-22-15-5-3-2-4-12(15)8-11-16(20)19-14-9-6-13(7-10-14)17(18)21/h2-11H,1H3,(H2,18,21)(H,19,20). The van der Waals surface area contributed by atoms with Crippen molar-refractivity contribution in [2.24, 2.45) is 5.73 Å². The molecule has 0 unspecified atom stereocenters. The number of para-hydroxylation sites is 1. The normalized spacial score (nSPS) is 10.4. The van der Waals surface area contributed by atoms with Crippen LogP contribution in [-0.4, -0.2) is 18.9 Å². The van der Waals surface area contributed by atoms with E-state index in [4.69, 9.17) is 10.5 Å². The van der Waals surface area contributed by atoms with E-state index >= 15 is 0 Å². The second-order valence-electron chi connectivity index (χ2n) is 4.51. The average Bonchev–Trinajstić information content (AvgIpc) is 2.53. The first-order chi connectivity index (χ1) is 10.6. The molecule has 3 N–H and O–H groups in total. The molecule has 0 saturated carbocycles. The smallest absolute Gasteiger partial charge is 0.248 e. The number of amides is 2. The van der Waals surface area contributed by atoms with E-state index in [0.29, 0.717) is 17.0 Å². The van der Waals surface area contributed by atoms with Crippen molar-refractivity contribution in [1.82, 2.24) is 0 Å². The van der Waals surface area contributed by atoms with Gasteiger partial charge in [0.05, 0.1) is 7.11 Å². The lowest BCUT2D eigenvalue weighted by molar-refractivity contribution is -0.111. The van der Waals surface area contributed by atoms with E-state index in [1.54, 1.807) is 37.5 Å². The van der Waals surface area contributed by atoms with Crippen LogP contribution in [0.1, 0.15) is 15.9 Å². The summed E-state index contributed by atoms with van der Waals surface area (Å²) in [5.74, 6) is -0.0935. The molecule has 5 nitrogen and oxygen atoms in total. The molecule has 0 radical (unpaired) electrons. The molecule has 2 amide bonds. The monoisotopic (exact) mass is 296 g/mol. The van der Waals surface area contributed by atoms with Gasteiger partial charge in [0.25, 0.3) is 0 Å². The Balaban J connectivity index is 2.03. The Morgan fingerprint density at radius 3 is 2.41 bits per heavy atom. The summed E-state index contributed by atoms with van der Waals surface area (Å²) >= 11 is 0. The summed E-state index contributed by atoms with van der Waals surface area (Å²) in [6, 6.07) is 13.7. The second-order valence-corrected chi connectivity index (χ2v) is 4.51. The molecule has 0 aliphatic heterocycles. The van der Waals surface area contributed by atoms with Crippen molar-refractivity contribution >= 4 is 23.6 Å². The van der Waals surface area contributed by atoms with Gasteiger partial charge in [-0.1, -0.05) is 18.2 Å². The van der Waals surface area contributed by atoms with Crippen molar-refractivity contribution in [1.29, 1.82) is 0 Å². The average molecular weight is 296 g/mol. The summed E-state index contributed by atoms with van der Waals surface area (Å²) in [4.78, 5) is 22.8. The van der Waals surface area contributed by atoms with Crippen LogP contribution in [0.5, 0.6) is 5.75 Å². The summed E-state index contributed by atoms with van der Waals surface area (Å²) in [5.41, 5.74) is 6.94. The minimum absolute atomic E-state index is 0.280. The van der Waals surface area contributed by atoms with Crippen LogP contribution >= 0.6 is 0 Å². The third-order valence-corrected chi connectivity index (χ3v) is 2.99. The lowest BCUT2D eigenvalue weighted by Gasteiger charge is -2.04. The zero-order chi connectivity index (χ0) is 15.9. The fourth-order valence-corrected chi connectivity index (χ4v) is 1.87. The van der Waals surface area contributed by atoms with E-state index < -0.39 is 5.91 Å². The zero-order valence-electron chi connectivity index (χ0n) is 12.1. The third kappa shape index (κ3) is 3.96. The van der Waals surface area contributed by atoms with E-state index in [0.717, 1.165) is 5.56 Å². The Morgan fingerprint density at radius 1 is 1.09 bits per heavy atom. The molecule has 0 atom stereocenters. The number of carbonyl (C=O) groups is 2. The Kier molecular flexibility index (Phi) is 4.93. The molecule has 2 aromatic rings. The van der Waals surface area contributed by atoms with Gasteiger partial charge in [-0.05, 0) is 36.4 Å². The van der Waals surface area contributed by atoms with Gasteiger partial charge in [0.15, 0.2) is 0 Å². The maximum Gasteiger partial charge on any atom is 0.248 e. The highest BCUT2D eigenvalue weighted by molar-refractivity contribution is 6.02. The largest absolute Gasteiger partial charge is 0.496 e. The maximum absolute atomic E-state index is 11.9. The molecular weight excluding hydrogens is 280 g/mol. The molecule has 0 aliphatic rings. The zero-order valence-corrected chi connectivity index (χ0v) is 12.1.